The van der Waals surface area contributed by atoms with Crippen molar-refractivity contribution in [1.29, 1.82) is 0 Å². The normalized spacial score (nSPS) is 11.7. The van der Waals surface area contributed by atoms with Crippen LogP contribution in [0.1, 0.15) is 13.8 Å². The lowest BCUT2D eigenvalue weighted by atomic mass is 10.2. The Morgan fingerprint density at radius 1 is 0.833 bits per heavy atom. The van der Waals surface area contributed by atoms with Crippen LogP contribution in [0.3, 0.4) is 0 Å². The van der Waals surface area contributed by atoms with E-state index in [4.69, 9.17) is 0 Å². The molecule has 1 aliphatic heterocycles. The highest BCUT2D eigenvalue weighted by atomic mass is 32.2. The van der Waals surface area contributed by atoms with Gasteiger partial charge in [0.2, 0.25) is 6.41 Å². The number of hydrogen-bond donors (Lipinski definition) is 0. The van der Waals surface area contributed by atoms with Gasteiger partial charge in [-0.3, -0.25) is 9.69 Å². The van der Waals surface area contributed by atoms with Crippen LogP contribution in [0.2, 0.25) is 0 Å². The first-order valence-electron chi connectivity index (χ1n) is 8.06. The maximum atomic E-state index is 11.6. The van der Waals surface area contributed by atoms with E-state index in [2.05, 4.69) is 21.9 Å². The van der Waals surface area contributed by atoms with Gasteiger partial charge in [0.15, 0.2) is 0 Å². The number of fused-ring (bicyclic) bond motifs is 2. The van der Waals surface area contributed by atoms with Crippen LogP contribution in [0, 0.1) is 0 Å². The van der Waals surface area contributed by atoms with Gasteiger partial charge >= 0.3 is 0 Å². The third-order valence-corrected chi connectivity index (χ3v) is 4.86. The Labute approximate surface area is 149 Å². The third-order valence-electron chi connectivity index (χ3n) is 3.76. The Morgan fingerprint density at radius 2 is 1.25 bits per heavy atom. The van der Waals surface area contributed by atoms with Crippen molar-refractivity contribution >= 4 is 40.9 Å². The molecule has 0 aromatic heterocycles. The minimum atomic E-state index is 0.891. The number of nitrogens with zero attached hydrogens (tertiary/aromatic N) is 3. The Bertz CT molecular complexity index is 671. The van der Waals surface area contributed by atoms with Gasteiger partial charge in [0.25, 0.3) is 0 Å². The Morgan fingerprint density at radius 3 is 1.58 bits per heavy atom. The predicted octanol–water partition coefficient (Wildman–Crippen LogP) is 4.60. The van der Waals surface area contributed by atoms with Crippen molar-refractivity contribution < 1.29 is 4.79 Å². The summed E-state index contributed by atoms with van der Waals surface area (Å²) < 4.78 is 0. The van der Waals surface area contributed by atoms with Gasteiger partial charge in [0, 0.05) is 49.4 Å². The topological polar surface area (TPSA) is 26.8 Å². The third kappa shape index (κ3) is 3.36. The molecule has 0 unspecified atom stereocenters. The average Bonchev–Trinajstić information content (AvgIpc) is 2.60. The maximum absolute atomic E-state index is 11.6. The molecule has 2 aromatic carbocycles. The lowest BCUT2D eigenvalue weighted by molar-refractivity contribution is -0.106. The first kappa shape index (κ1) is 18.2. The van der Waals surface area contributed by atoms with Gasteiger partial charge in [-0.25, -0.2) is 0 Å². The fourth-order valence-electron chi connectivity index (χ4n) is 2.49. The molecule has 0 bridgehead atoms. The molecule has 3 rings (SSSR count). The van der Waals surface area contributed by atoms with Crippen molar-refractivity contribution in [2.45, 2.75) is 23.6 Å². The molecule has 0 fully saturated rings. The van der Waals surface area contributed by atoms with Crippen LogP contribution in [-0.4, -0.2) is 34.6 Å². The number of anilines is 4. The molecule has 24 heavy (non-hydrogen) atoms. The summed E-state index contributed by atoms with van der Waals surface area (Å²) in [5.74, 6) is 0. The number of carbonyl (C=O) groups excluding carboxylic acids is 1. The lowest BCUT2D eigenvalue weighted by Crippen LogP contribution is -2.19. The summed E-state index contributed by atoms with van der Waals surface area (Å²) in [4.78, 5) is 19.7. The van der Waals surface area contributed by atoms with Crippen LogP contribution in [0.25, 0.3) is 0 Å². The molecular formula is C19H25N3OS. The van der Waals surface area contributed by atoms with Gasteiger partial charge in [-0.1, -0.05) is 25.6 Å². The number of hydrogen-bond acceptors (Lipinski definition) is 4. The van der Waals surface area contributed by atoms with E-state index in [0.717, 1.165) is 39.0 Å². The number of carbonyl (C=O) groups is 1. The first-order chi connectivity index (χ1) is 11.5. The fraction of sp³-hybridized carbons (Fsp3) is 0.316. The quantitative estimate of drug-likeness (QED) is 0.761. The van der Waals surface area contributed by atoms with Gasteiger partial charge < -0.3 is 9.80 Å². The Kier molecular flexibility index (Phi) is 5.78. The van der Waals surface area contributed by atoms with E-state index in [1.54, 1.807) is 16.7 Å². The molecule has 128 valence electrons. The van der Waals surface area contributed by atoms with Crippen molar-refractivity contribution in [2.75, 3.05) is 42.9 Å². The minimum Gasteiger partial charge on any atom is -0.378 e. The zero-order chi connectivity index (χ0) is 17.9. The second-order valence-electron chi connectivity index (χ2n) is 5.67. The summed E-state index contributed by atoms with van der Waals surface area (Å²) in [6.45, 7) is 4.00. The standard InChI is InChI=1S/C17H19N3OS.C2H6/c1-18(2)12-5-7-14-16(9-12)22-17-10-13(19(3)4)6-8-15(17)20(14)11-21;1-2/h5-11H,1-4H3;1-2H3. The van der Waals surface area contributed by atoms with Crippen molar-refractivity contribution in [3.05, 3.63) is 36.4 Å². The molecule has 0 saturated carbocycles. The molecule has 5 heteroatoms. The molecule has 0 saturated heterocycles. The monoisotopic (exact) mass is 343 g/mol. The van der Waals surface area contributed by atoms with E-state index >= 15 is 0 Å². The zero-order valence-corrected chi connectivity index (χ0v) is 16.0. The molecule has 0 N–H and O–H groups in total. The summed E-state index contributed by atoms with van der Waals surface area (Å²) in [6.07, 6.45) is 0.891. The van der Waals surface area contributed by atoms with Crippen LogP contribution in [0.5, 0.6) is 0 Å². The number of amides is 1. The Balaban J connectivity index is 0.00000100. The van der Waals surface area contributed by atoms with Crippen molar-refractivity contribution in [3.63, 3.8) is 0 Å². The van der Waals surface area contributed by atoms with E-state index < -0.39 is 0 Å². The van der Waals surface area contributed by atoms with E-state index in [0.29, 0.717) is 0 Å². The van der Waals surface area contributed by atoms with Crippen LogP contribution in [0.4, 0.5) is 22.7 Å². The number of benzene rings is 2. The summed E-state index contributed by atoms with van der Waals surface area (Å²) in [7, 11) is 8.07. The minimum absolute atomic E-state index is 0.891. The van der Waals surface area contributed by atoms with Crippen molar-refractivity contribution in [1.82, 2.24) is 0 Å². The van der Waals surface area contributed by atoms with Gasteiger partial charge in [0.1, 0.15) is 0 Å². The van der Waals surface area contributed by atoms with E-state index in [9.17, 15) is 4.79 Å². The summed E-state index contributed by atoms with van der Waals surface area (Å²) in [6, 6.07) is 12.3. The van der Waals surface area contributed by atoms with E-state index in [-0.39, 0.29) is 0 Å². The van der Waals surface area contributed by atoms with Crippen LogP contribution in [0.15, 0.2) is 46.2 Å². The highest BCUT2D eigenvalue weighted by Gasteiger charge is 2.24. The highest BCUT2D eigenvalue weighted by Crippen LogP contribution is 2.49. The van der Waals surface area contributed by atoms with Crippen LogP contribution in [-0.2, 0) is 4.79 Å². The molecule has 0 spiro atoms. The van der Waals surface area contributed by atoms with Crippen molar-refractivity contribution in [3.8, 4) is 0 Å². The van der Waals surface area contributed by atoms with E-state index in [1.807, 2.05) is 66.3 Å². The average molecular weight is 343 g/mol. The van der Waals surface area contributed by atoms with Crippen molar-refractivity contribution in [2.24, 2.45) is 0 Å². The summed E-state index contributed by atoms with van der Waals surface area (Å²) in [5.41, 5.74) is 4.14. The van der Waals surface area contributed by atoms with Gasteiger partial charge in [-0.15, -0.1) is 0 Å². The fourth-order valence-corrected chi connectivity index (χ4v) is 3.62. The highest BCUT2D eigenvalue weighted by molar-refractivity contribution is 7.99. The molecule has 0 radical (unpaired) electrons. The molecule has 1 aliphatic rings. The molecule has 4 nitrogen and oxygen atoms in total. The second kappa shape index (κ2) is 7.62. The second-order valence-corrected chi connectivity index (χ2v) is 6.75. The SMILES string of the molecule is CC.CN(C)c1ccc2c(c1)Sc1cc(N(C)C)ccc1N2C=O. The van der Waals surface area contributed by atoms with Crippen LogP contribution >= 0.6 is 11.8 Å². The van der Waals surface area contributed by atoms with Gasteiger partial charge in [-0.05, 0) is 36.4 Å². The van der Waals surface area contributed by atoms with Gasteiger partial charge in [-0.2, -0.15) is 0 Å². The molecule has 0 atom stereocenters. The lowest BCUT2D eigenvalue weighted by Gasteiger charge is -2.30. The molecule has 1 heterocycles. The maximum Gasteiger partial charge on any atom is 0.218 e. The zero-order valence-electron chi connectivity index (χ0n) is 15.2. The predicted molar refractivity (Wildman–Crippen MR) is 105 cm³/mol. The number of rotatable bonds is 3. The van der Waals surface area contributed by atoms with Gasteiger partial charge in [0.05, 0.1) is 11.4 Å². The molecule has 1 amide bonds. The molecule has 0 aliphatic carbocycles. The summed E-state index contributed by atoms with van der Waals surface area (Å²) >= 11 is 1.71. The van der Waals surface area contributed by atoms with Crippen LogP contribution < -0.4 is 14.7 Å². The molecule has 2 aromatic rings. The molecular weight excluding hydrogens is 318 g/mol. The largest absolute Gasteiger partial charge is 0.378 e. The smallest absolute Gasteiger partial charge is 0.218 e. The summed E-state index contributed by atoms with van der Waals surface area (Å²) in [5, 5.41) is 0. The Hall–Kier alpha value is -2.14. The first-order valence-corrected chi connectivity index (χ1v) is 8.88. The van der Waals surface area contributed by atoms with E-state index in [1.165, 1.54) is 0 Å².